The lowest BCUT2D eigenvalue weighted by Crippen LogP contribution is -2.40. The van der Waals surface area contributed by atoms with Gasteiger partial charge in [-0.1, -0.05) is 23.7 Å². The van der Waals surface area contributed by atoms with Gasteiger partial charge in [0.15, 0.2) is 6.10 Å². The highest BCUT2D eigenvalue weighted by Crippen LogP contribution is 2.22. The molecule has 2 aromatic carbocycles. The second-order valence-corrected chi connectivity index (χ2v) is 8.63. The summed E-state index contributed by atoms with van der Waals surface area (Å²) in [5.41, 5.74) is 0.376. The van der Waals surface area contributed by atoms with Gasteiger partial charge in [-0.2, -0.15) is 4.31 Å². The molecule has 0 radical (unpaired) electrons. The van der Waals surface area contributed by atoms with Gasteiger partial charge in [-0.15, -0.1) is 0 Å². The Balaban J connectivity index is 1.69. The number of hydrogen-bond acceptors (Lipinski definition) is 5. The maximum absolute atomic E-state index is 12.8. The number of sulfonamides is 1. The maximum Gasteiger partial charge on any atom is 0.265 e. The normalized spacial score (nSPS) is 16.4. The van der Waals surface area contributed by atoms with E-state index in [9.17, 15) is 13.2 Å². The van der Waals surface area contributed by atoms with Gasteiger partial charge in [-0.05, 0) is 43.3 Å². The van der Waals surface area contributed by atoms with E-state index in [1.807, 2.05) is 0 Å². The fraction of sp³-hybridized carbons (Fsp3) is 0.316. The molecule has 1 aliphatic rings. The molecular formula is C19H21ClN2O5S. The quantitative estimate of drug-likeness (QED) is 0.770. The fourth-order valence-corrected chi connectivity index (χ4v) is 4.35. The van der Waals surface area contributed by atoms with Gasteiger partial charge in [0.25, 0.3) is 5.91 Å². The molecule has 28 heavy (non-hydrogen) atoms. The van der Waals surface area contributed by atoms with E-state index in [1.165, 1.54) is 16.4 Å². The predicted molar refractivity (Wildman–Crippen MR) is 106 cm³/mol. The molecule has 1 atom stereocenters. The minimum atomic E-state index is -3.64. The number of nitrogens with one attached hydrogen (secondary N) is 1. The van der Waals surface area contributed by atoms with Crippen LogP contribution in [0.4, 0.5) is 5.69 Å². The lowest BCUT2D eigenvalue weighted by Gasteiger charge is -2.26. The number of anilines is 1. The number of carbonyl (C=O) groups is 1. The van der Waals surface area contributed by atoms with Crippen molar-refractivity contribution in [3.05, 3.63) is 53.6 Å². The van der Waals surface area contributed by atoms with Crippen LogP contribution in [0.25, 0.3) is 0 Å². The van der Waals surface area contributed by atoms with Crippen LogP contribution in [0, 0.1) is 0 Å². The van der Waals surface area contributed by atoms with Crippen LogP contribution in [0.2, 0.25) is 5.02 Å². The second kappa shape index (κ2) is 8.91. The molecule has 150 valence electrons. The first-order chi connectivity index (χ1) is 13.4. The van der Waals surface area contributed by atoms with Crippen molar-refractivity contribution in [2.75, 3.05) is 31.6 Å². The van der Waals surface area contributed by atoms with E-state index in [0.29, 0.717) is 42.8 Å². The zero-order chi connectivity index (χ0) is 20.1. The monoisotopic (exact) mass is 424 g/mol. The number of benzene rings is 2. The molecule has 0 spiro atoms. The molecule has 0 saturated carbocycles. The third-order valence-electron chi connectivity index (χ3n) is 4.19. The van der Waals surface area contributed by atoms with Gasteiger partial charge in [0.1, 0.15) is 5.75 Å². The standard InChI is InChI=1S/C19H21ClN2O5S/c1-14(27-17-6-2-4-15(20)12-17)19(23)21-16-5-3-7-18(13-16)28(24,25)22-8-10-26-11-9-22/h2-7,12-14H,8-11H2,1H3,(H,21,23)/t14-/m0/s1. The zero-order valence-electron chi connectivity index (χ0n) is 15.3. The van der Waals surface area contributed by atoms with Crippen LogP contribution in [-0.4, -0.2) is 51.0 Å². The summed E-state index contributed by atoms with van der Waals surface area (Å²) >= 11 is 5.91. The molecule has 1 fully saturated rings. The topological polar surface area (TPSA) is 84.9 Å². The number of carbonyl (C=O) groups excluding carboxylic acids is 1. The van der Waals surface area contributed by atoms with Crippen LogP contribution in [0.15, 0.2) is 53.4 Å². The van der Waals surface area contributed by atoms with Crippen LogP contribution in [0.3, 0.4) is 0 Å². The Morgan fingerprint density at radius 1 is 1.18 bits per heavy atom. The molecule has 1 N–H and O–H groups in total. The number of rotatable bonds is 6. The Kier molecular flexibility index (Phi) is 6.56. The molecule has 0 unspecified atom stereocenters. The van der Waals surface area contributed by atoms with Crippen molar-refractivity contribution >= 4 is 33.2 Å². The average Bonchev–Trinajstić information content (AvgIpc) is 2.69. The molecule has 1 heterocycles. The van der Waals surface area contributed by atoms with E-state index in [2.05, 4.69) is 5.32 Å². The first-order valence-electron chi connectivity index (χ1n) is 8.77. The molecule has 7 nitrogen and oxygen atoms in total. The number of halogens is 1. The van der Waals surface area contributed by atoms with Gasteiger partial charge < -0.3 is 14.8 Å². The van der Waals surface area contributed by atoms with Crippen molar-refractivity contribution in [3.63, 3.8) is 0 Å². The van der Waals surface area contributed by atoms with Crippen molar-refractivity contribution in [1.82, 2.24) is 4.31 Å². The molecule has 0 bridgehead atoms. The number of amides is 1. The highest BCUT2D eigenvalue weighted by molar-refractivity contribution is 7.89. The number of ether oxygens (including phenoxy) is 2. The van der Waals surface area contributed by atoms with E-state index in [1.54, 1.807) is 43.3 Å². The van der Waals surface area contributed by atoms with E-state index in [-0.39, 0.29) is 4.90 Å². The molecule has 1 aliphatic heterocycles. The number of nitrogens with zero attached hydrogens (tertiary/aromatic N) is 1. The van der Waals surface area contributed by atoms with Gasteiger partial charge in [-0.3, -0.25) is 4.79 Å². The lowest BCUT2D eigenvalue weighted by atomic mass is 10.3. The summed E-state index contributed by atoms with van der Waals surface area (Å²) in [7, 11) is -3.64. The van der Waals surface area contributed by atoms with E-state index in [4.69, 9.17) is 21.1 Å². The summed E-state index contributed by atoms with van der Waals surface area (Å²) in [6, 6.07) is 12.9. The van der Waals surface area contributed by atoms with Crippen LogP contribution in [-0.2, 0) is 19.6 Å². The van der Waals surface area contributed by atoms with Crippen molar-refractivity contribution in [3.8, 4) is 5.75 Å². The van der Waals surface area contributed by atoms with Crippen molar-refractivity contribution in [2.45, 2.75) is 17.9 Å². The smallest absolute Gasteiger partial charge is 0.265 e. The molecule has 1 amide bonds. The number of hydrogen-bond donors (Lipinski definition) is 1. The van der Waals surface area contributed by atoms with Crippen molar-refractivity contribution in [1.29, 1.82) is 0 Å². The summed E-state index contributed by atoms with van der Waals surface area (Å²) in [5.74, 6) is 0.0692. The Bertz CT molecular complexity index is 945. The van der Waals surface area contributed by atoms with Crippen molar-refractivity contribution < 1.29 is 22.7 Å². The first-order valence-corrected chi connectivity index (χ1v) is 10.6. The number of morpholine rings is 1. The molecule has 3 rings (SSSR count). The highest BCUT2D eigenvalue weighted by Gasteiger charge is 2.26. The van der Waals surface area contributed by atoms with Crippen LogP contribution in [0.5, 0.6) is 5.75 Å². The molecule has 0 aliphatic carbocycles. The summed E-state index contributed by atoms with van der Waals surface area (Å²) in [5, 5.41) is 3.19. The Labute approximate surface area is 169 Å². The Morgan fingerprint density at radius 2 is 1.89 bits per heavy atom. The van der Waals surface area contributed by atoms with Crippen molar-refractivity contribution in [2.24, 2.45) is 0 Å². The molecule has 9 heteroatoms. The third kappa shape index (κ3) is 5.02. The van der Waals surface area contributed by atoms with Crippen LogP contribution < -0.4 is 10.1 Å². The highest BCUT2D eigenvalue weighted by atomic mass is 35.5. The molecular weight excluding hydrogens is 404 g/mol. The summed E-state index contributed by atoms with van der Waals surface area (Å²) < 4.78 is 37.7. The fourth-order valence-electron chi connectivity index (χ4n) is 2.71. The second-order valence-electron chi connectivity index (χ2n) is 6.25. The van der Waals surface area contributed by atoms with Crippen LogP contribution in [0.1, 0.15) is 6.92 Å². The maximum atomic E-state index is 12.8. The zero-order valence-corrected chi connectivity index (χ0v) is 16.9. The minimum absolute atomic E-state index is 0.121. The third-order valence-corrected chi connectivity index (χ3v) is 6.32. The SMILES string of the molecule is C[C@H](Oc1cccc(Cl)c1)C(=O)Nc1cccc(S(=O)(=O)N2CCOCC2)c1. The average molecular weight is 425 g/mol. The van der Waals surface area contributed by atoms with Gasteiger partial charge in [0.05, 0.1) is 18.1 Å². The van der Waals surface area contributed by atoms with Crippen LogP contribution >= 0.6 is 11.6 Å². The molecule has 0 aromatic heterocycles. The Morgan fingerprint density at radius 3 is 2.61 bits per heavy atom. The Hall–Kier alpha value is -2.13. The van der Waals surface area contributed by atoms with Gasteiger partial charge in [-0.25, -0.2) is 8.42 Å². The summed E-state index contributed by atoms with van der Waals surface area (Å²) in [6.45, 7) is 2.96. The van der Waals surface area contributed by atoms with Gasteiger partial charge >= 0.3 is 0 Å². The van der Waals surface area contributed by atoms with E-state index >= 15 is 0 Å². The molecule has 2 aromatic rings. The first kappa shape index (κ1) is 20.6. The minimum Gasteiger partial charge on any atom is -0.481 e. The summed E-state index contributed by atoms with van der Waals surface area (Å²) in [6.07, 6.45) is -0.794. The lowest BCUT2D eigenvalue weighted by molar-refractivity contribution is -0.122. The van der Waals surface area contributed by atoms with E-state index < -0.39 is 22.0 Å². The summed E-state index contributed by atoms with van der Waals surface area (Å²) in [4.78, 5) is 12.5. The molecule has 1 saturated heterocycles. The van der Waals surface area contributed by atoms with Gasteiger partial charge in [0, 0.05) is 23.8 Å². The van der Waals surface area contributed by atoms with Gasteiger partial charge in [0.2, 0.25) is 10.0 Å². The van der Waals surface area contributed by atoms with E-state index in [0.717, 1.165) is 0 Å². The predicted octanol–water partition coefficient (Wildman–Crippen LogP) is 2.77. The largest absolute Gasteiger partial charge is 0.481 e.